The largest absolute Gasteiger partial charge is 0.416 e. The molecular formula is C28H28F3N7O. The van der Waals surface area contributed by atoms with Gasteiger partial charge in [0.15, 0.2) is 17.0 Å². The van der Waals surface area contributed by atoms with Gasteiger partial charge in [0.05, 0.1) is 11.9 Å². The predicted molar refractivity (Wildman–Crippen MR) is 141 cm³/mol. The standard InChI is InChI=1S/C28H28F3N7O/c29-28(30,31)22-8-3-5-19(15-22)16-32-25-24-26(38(18-33-24)14-13-36-11-4-9-23(36)39)35-27(34-25)37-12-10-20-6-1-2-7-21(20)17-37/h1-3,5-8,15,18H,4,9-14,16-17H2,(H,32,34,35). The Labute approximate surface area is 223 Å². The Bertz CT molecular complexity index is 1520. The SMILES string of the molecule is O=C1CCCN1CCn1cnc2c(NCc3cccc(C(F)(F)F)c3)nc(N3CCc4ccccc4C3)nc21. The van der Waals surface area contributed by atoms with Crippen LogP contribution in [0.5, 0.6) is 0 Å². The number of likely N-dealkylation sites (tertiary alicyclic amines) is 1. The zero-order chi connectivity index (χ0) is 27.0. The van der Waals surface area contributed by atoms with Gasteiger partial charge in [0.1, 0.15) is 0 Å². The van der Waals surface area contributed by atoms with Gasteiger partial charge in [-0.05, 0) is 41.7 Å². The van der Waals surface area contributed by atoms with Crippen molar-refractivity contribution in [3.63, 3.8) is 0 Å². The second-order valence-electron chi connectivity index (χ2n) is 9.96. The molecule has 1 fully saturated rings. The van der Waals surface area contributed by atoms with E-state index in [4.69, 9.17) is 9.97 Å². The number of rotatable bonds is 7. The number of fused-ring (bicyclic) bond motifs is 2. The number of hydrogen-bond acceptors (Lipinski definition) is 6. The lowest BCUT2D eigenvalue weighted by Gasteiger charge is -2.29. The zero-order valence-corrected chi connectivity index (χ0v) is 21.3. The minimum absolute atomic E-state index is 0.146. The molecule has 0 radical (unpaired) electrons. The summed E-state index contributed by atoms with van der Waals surface area (Å²) in [6.45, 7) is 3.40. The van der Waals surface area contributed by atoms with E-state index in [0.717, 1.165) is 38.1 Å². The molecule has 4 heterocycles. The molecule has 39 heavy (non-hydrogen) atoms. The van der Waals surface area contributed by atoms with E-state index < -0.39 is 11.7 Å². The lowest BCUT2D eigenvalue weighted by molar-refractivity contribution is -0.137. The predicted octanol–water partition coefficient (Wildman–Crippen LogP) is 4.64. The molecule has 4 aromatic rings. The van der Waals surface area contributed by atoms with Gasteiger partial charge in [0.25, 0.3) is 0 Å². The van der Waals surface area contributed by atoms with Crippen LogP contribution in [0.3, 0.4) is 0 Å². The summed E-state index contributed by atoms with van der Waals surface area (Å²) in [4.78, 5) is 30.3. The molecule has 202 valence electrons. The Hall–Kier alpha value is -4.15. The number of nitrogens with one attached hydrogen (secondary N) is 1. The lowest BCUT2D eigenvalue weighted by Crippen LogP contribution is -2.32. The molecule has 2 aliphatic rings. The fraction of sp³-hybridized carbons (Fsp3) is 0.357. The lowest BCUT2D eigenvalue weighted by atomic mass is 10.0. The Morgan fingerprint density at radius 3 is 2.59 bits per heavy atom. The van der Waals surface area contributed by atoms with Crippen LogP contribution in [0.25, 0.3) is 11.2 Å². The van der Waals surface area contributed by atoms with Crippen LogP contribution in [-0.2, 0) is 37.0 Å². The summed E-state index contributed by atoms with van der Waals surface area (Å²) in [6.07, 6.45) is -0.413. The number of imidazole rings is 1. The monoisotopic (exact) mass is 535 g/mol. The number of benzene rings is 2. The van der Waals surface area contributed by atoms with E-state index in [1.807, 2.05) is 21.6 Å². The number of nitrogens with zero attached hydrogens (tertiary/aromatic N) is 6. The van der Waals surface area contributed by atoms with Gasteiger partial charge in [-0.2, -0.15) is 23.1 Å². The fourth-order valence-corrected chi connectivity index (χ4v) is 5.24. The van der Waals surface area contributed by atoms with Crippen molar-refractivity contribution in [1.29, 1.82) is 0 Å². The van der Waals surface area contributed by atoms with Crippen LogP contribution in [0.15, 0.2) is 54.9 Å². The molecule has 0 unspecified atom stereocenters. The minimum Gasteiger partial charge on any atom is -0.364 e. The first kappa shape index (κ1) is 25.1. The Balaban J connectivity index is 1.31. The molecule has 0 atom stereocenters. The fourth-order valence-electron chi connectivity index (χ4n) is 5.24. The summed E-state index contributed by atoms with van der Waals surface area (Å²) < 4.78 is 41.6. The van der Waals surface area contributed by atoms with E-state index in [1.165, 1.54) is 17.2 Å². The number of anilines is 2. The highest BCUT2D eigenvalue weighted by Gasteiger charge is 2.30. The first-order chi connectivity index (χ1) is 18.8. The molecule has 0 bridgehead atoms. The van der Waals surface area contributed by atoms with Gasteiger partial charge in [-0.1, -0.05) is 36.4 Å². The topological polar surface area (TPSA) is 79.2 Å². The summed E-state index contributed by atoms with van der Waals surface area (Å²) in [5, 5.41) is 3.21. The molecule has 1 amide bonds. The summed E-state index contributed by atoms with van der Waals surface area (Å²) in [7, 11) is 0. The van der Waals surface area contributed by atoms with Crippen LogP contribution in [0, 0.1) is 0 Å². The molecule has 0 saturated carbocycles. The van der Waals surface area contributed by atoms with E-state index in [0.29, 0.717) is 54.5 Å². The van der Waals surface area contributed by atoms with Crippen LogP contribution in [0.4, 0.5) is 24.9 Å². The molecule has 1 N–H and O–H groups in total. The number of aromatic nitrogens is 4. The van der Waals surface area contributed by atoms with Crippen molar-refractivity contribution >= 4 is 28.8 Å². The van der Waals surface area contributed by atoms with Crippen LogP contribution in [0.1, 0.15) is 35.1 Å². The summed E-state index contributed by atoms with van der Waals surface area (Å²) >= 11 is 0. The van der Waals surface area contributed by atoms with Gasteiger partial charge >= 0.3 is 6.18 Å². The normalized spacial score (nSPS) is 15.7. The van der Waals surface area contributed by atoms with E-state index in [9.17, 15) is 18.0 Å². The van der Waals surface area contributed by atoms with Gasteiger partial charge in [-0.25, -0.2) is 4.98 Å². The Morgan fingerprint density at radius 1 is 0.949 bits per heavy atom. The number of amides is 1. The first-order valence-corrected chi connectivity index (χ1v) is 13.1. The molecule has 2 aromatic carbocycles. The Kier molecular flexibility index (Phi) is 6.58. The number of hydrogen-bond donors (Lipinski definition) is 1. The van der Waals surface area contributed by atoms with Crippen molar-refractivity contribution in [1.82, 2.24) is 24.4 Å². The molecule has 6 rings (SSSR count). The zero-order valence-electron chi connectivity index (χ0n) is 21.3. The molecule has 11 heteroatoms. The van der Waals surface area contributed by atoms with Gasteiger partial charge in [0.2, 0.25) is 11.9 Å². The number of halogens is 3. The molecule has 8 nitrogen and oxygen atoms in total. The van der Waals surface area contributed by atoms with Crippen molar-refractivity contribution in [2.45, 2.75) is 45.1 Å². The van der Waals surface area contributed by atoms with Crippen LogP contribution < -0.4 is 10.2 Å². The maximum Gasteiger partial charge on any atom is 0.416 e. The maximum absolute atomic E-state index is 13.2. The second kappa shape index (κ2) is 10.2. The minimum atomic E-state index is -4.41. The summed E-state index contributed by atoms with van der Waals surface area (Å²) in [5.74, 6) is 1.15. The van der Waals surface area contributed by atoms with E-state index >= 15 is 0 Å². The van der Waals surface area contributed by atoms with Crippen LogP contribution in [0.2, 0.25) is 0 Å². The van der Waals surface area contributed by atoms with Crippen LogP contribution in [-0.4, -0.2) is 50.0 Å². The molecule has 0 aliphatic carbocycles. The van der Waals surface area contributed by atoms with Crippen molar-refractivity contribution < 1.29 is 18.0 Å². The van der Waals surface area contributed by atoms with E-state index in [2.05, 4.69) is 27.3 Å². The van der Waals surface area contributed by atoms with E-state index in [1.54, 1.807) is 12.4 Å². The van der Waals surface area contributed by atoms with E-state index in [-0.39, 0.29) is 12.5 Å². The van der Waals surface area contributed by atoms with Crippen LogP contribution >= 0.6 is 0 Å². The number of carbonyl (C=O) groups excluding carboxylic acids is 1. The highest BCUT2D eigenvalue weighted by molar-refractivity contribution is 5.84. The van der Waals surface area contributed by atoms with Gasteiger partial charge in [0, 0.05) is 45.7 Å². The highest BCUT2D eigenvalue weighted by Crippen LogP contribution is 2.30. The molecule has 1 saturated heterocycles. The number of carbonyl (C=O) groups is 1. The maximum atomic E-state index is 13.2. The van der Waals surface area contributed by atoms with Gasteiger partial charge in [-0.15, -0.1) is 0 Å². The van der Waals surface area contributed by atoms with Gasteiger partial charge < -0.3 is 19.7 Å². The van der Waals surface area contributed by atoms with Crippen molar-refractivity contribution in [2.75, 3.05) is 29.9 Å². The van der Waals surface area contributed by atoms with Crippen molar-refractivity contribution in [3.05, 3.63) is 77.1 Å². The molecule has 2 aliphatic heterocycles. The smallest absolute Gasteiger partial charge is 0.364 e. The molecular weight excluding hydrogens is 507 g/mol. The Morgan fingerprint density at radius 2 is 1.79 bits per heavy atom. The molecule has 0 spiro atoms. The van der Waals surface area contributed by atoms with Crippen molar-refractivity contribution in [2.24, 2.45) is 0 Å². The third kappa shape index (κ3) is 5.25. The van der Waals surface area contributed by atoms with Crippen molar-refractivity contribution in [3.8, 4) is 0 Å². The highest BCUT2D eigenvalue weighted by atomic mass is 19.4. The third-order valence-corrected chi connectivity index (χ3v) is 7.36. The third-order valence-electron chi connectivity index (χ3n) is 7.36. The second-order valence-corrected chi connectivity index (χ2v) is 9.96. The summed E-state index contributed by atoms with van der Waals surface area (Å²) in [5.41, 5.74) is 3.47. The summed E-state index contributed by atoms with van der Waals surface area (Å²) in [6, 6.07) is 13.5. The number of alkyl halides is 3. The average Bonchev–Trinajstić information content (AvgIpc) is 3.55. The van der Waals surface area contributed by atoms with Gasteiger partial charge in [-0.3, -0.25) is 4.79 Å². The molecule has 2 aromatic heterocycles. The quantitative estimate of drug-likeness (QED) is 0.372. The first-order valence-electron chi connectivity index (χ1n) is 13.1. The average molecular weight is 536 g/mol.